The Hall–Kier alpha value is -0.510. The summed E-state index contributed by atoms with van der Waals surface area (Å²) in [6.07, 6.45) is 1.95. The highest BCUT2D eigenvalue weighted by molar-refractivity contribution is 8.13. The van der Waals surface area contributed by atoms with E-state index in [2.05, 4.69) is 0 Å². The van der Waals surface area contributed by atoms with Crippen molar-refractivity contribution in [2.24, 2.45) is 0 Å². The summed E-state index contributed by atoms with van der Waals surface area (Å²) < 4.78 is 1.92. The van der Waals surface area contributed by atoms with E-state index in [0.29, 0.717) is 0 Å². The summed E-state index contributed by atoms with van der Waals surface area (Å²) in [6, 6.07) is 0. The number of carbonyl (C=O) groups excluding carboxylic acids is 1. The van der Waals surface area contributed by atoms with Gasteiger partial charge in [-0.1, -0.05) is 0 Å². The van der Waals surface area contributed by atoms with E-state index in [1.54, 1.807) is 30.6 Å². The van der Waals surface area contributed by atoms with Crippen LogP contribution < -0.4 is 0 Å². The van der Waals surface area contributed by atoms with E-state index < -0.39 is 0 Å². The summed E-state index contributed by atoms with van der Waals surface area (Å²) in [6.45, 7) is 1.56. The molecule has 0 saturated heterocycles. The highest BCUT2D eigenvalue weighted by atomic mass is 32.2. The van der Waals surface area contributed by atoms with Gasteiger partial charge in [0, 0.05) is 6.92 Å². The van der Waals surface area contributed by atoms with Crippen LogP contribution in [0.2, 0.25) is 0 Å². The van der Waals surface area contributed by atoms with Crippen LogP contribution in [0.25, 0.3) is 0 Å². The summed E-state index contributed by atoms with van der Waals surface area (Å²) >= 11 is 1.56. The highest BCUT2D eigenvalue weighted by Crippen LogP contribution is 2.01. The molecule has 0 rings (SSSR count). The molecule has 0 aliphatic heterocycles. The smallest absolute Gasteiger partial charge is 0.261 e. The van der Waals surface area contributed by atoms with Gasteiger partial charge in [0.2, 0.25) is 0 Å². The lowest BCUT2D eigenvalue weighted by atomic mass is 10.6. The predicted octanol–water partition coefficient (Wildman–Crippen LogP) is 0.456. The summed E-state index contributed by atoms with van der Waals surface area (Å²) in [5.74, 6) is 0.0584. The number of hydrogen-bond acceptors (Lipinski definition) is 2. The van der Waals surface area contributed by atoms with Crippen LogP contribution in [0.3, 0.4) is 0 Å². The lowest BCUT2D eigenvalue weighted by Gasteiger charge is -2.09. The fourth-order valence-electron chi connectivity index (χ4n) is 0.754. The van der Waals surface area contributed by atoms with Crippen LogP contribution in [-0.2, 0) is 4.79 Å². The van der Waals surface area contributed by atoms with Gasteiger partial charge in [-0.3, -0.25) is 4.58 Å². The van der Waals surface area contributed by atoms with Gasteiger partial charge >= 0.3 is 11.1 Å². The summed E-state index contributed by atoms with van der Waals surface area (Å²) in [5, 5.41) is 0.956. The van der Waals surface area contributed by atoms with E-state index >= 15 is 0 Å². The van der Waals surface area contributed by atoms with Crippen LogP contribution >= 0.6 is 11.8 Å². The van der Waals surface area contributed by atoms with Crippen molar-refractivity contribution in [2.75, 3.05) is 27.4 Å². The van der Waals surface area contributed by atoms with E-state index in [1.165, 1.54) is 0 Å². The van der Waals surface area contributed by atoms with Crippen LogP contribution in [0.5, 0.6) is 0 Å². The minimum Gasteiger partial charge on any atom is -0.261 e. The SMILES string of the molecule is CSC(N(C)C(C)=O)=[N+](C)C. The lowest BCUT2D eigenvalue weighted by Crippen LogP contribution is -2.33. The van der Waals surface area contributed by atoms with Crippen LogP contribution in [0.1, 0.15) is 6.92 Å². The van der Waals surface area contributed by atoms with E-state index in [1.807, 2.05) is 24.9 Å². The zero-order valence-electron chi connectivity index (χ0n) is 7.71. The molecule has 0 atom stereocenters. The van der Waals surface area contributed by atoms with Gasteiger partial charge in [-0.15, -0.1) is 0 Å². The first-order valence-electron chi connectivity index (χ1n) is 3.33. The van der Waals surface area contributed by atoms with Gasteiger partial charge in [0.05, 0.1) is 21.1 Å². The Kier molecular flexibility index (Phi) is 4.18. The Balaban J connectivity index is 4.53. The second kappa shape index (κ2) is 4.38. The van der Waals surface area contributed by atoms with E-state index in [4.69, 9.17) is 0 Å². The average molecular weight is 175 g/mol. The highest BCUT2D eigenvalue weighted by Gasteiger charge is 2.18. The van der Waals surface area contributed by atoms with E-state index in [-0.39, 0.29) is 5.91 Å². The zero-order chi connectivity index (χ0) is 9.02. The third kappa shape index (κ3) is 2.93. The van der Waals surface area contributed by atoms with Crippen LogP contribution in [0, 0.1) is 0 Å². The van der Waals surface area contributed by atoms with E-state index in [0.717, 1.165) is 5.17 Å². The molecule has 3 nitrogen and oxygen atoms in total. The van der Waals surface area contributed by atoms with Gasteiger partial charge in [0.15, 0.2) is 0 Å². The molecule has 0 bridgehead atoms. The maximum Gasteiger partial charge on any atom is 0.314 e. The maximum absolute atomic E-state index is 10.9. The molecule has 11 heavy (non-hydrogen) atoms. The van der Waals surface area contributed by atoms with Gasteiger partial charge in [-0.2, -0.15) is 4.90 Å². The van der Waals surface area contributed by atoms with Crippen LogP contribution in [0.15, 0.2) is 0 Å². The minimum absolute atomic E-state index is 0.0584. The Morgan fingerprint density at radius 2 is 1.91 bits per heavy atom. The Labute approximate surface area is 72.1 Å². The molecule has 0 unspecified atom stereocenters. The zero-order valence-corrected chi connectivity index (χ0v) is 8.53. The standard InChI is InChI=1S/C7H15N2OS/c1-6(10)9(4)7(11-5)8(2)3/h1-5H3/q+1. The first kappa shape index (κ1) is 10.5. The average Bonchev–Trinajstić information content (AvgIpc) is 1.88. The van der Waals surface area contributed by atoms with Gasteiger partial charge in [-0.05, 0) is 18.0 Å². The number of thioether (sulfide) groups is 1. The van der Waals surface area contributed by atoms with Gasteiger partial charge in [0.25, 0.3) is 0 Å². The number of amides is 1. The first-order valence-corrected chi connectivity index (χ1v) is 4.55. The molecule has 0 saturated carbocycles. The Morgan fingerprint density at radius 3 is 2.00 bits per heavy atom. The largest absolute Gasteiger partial charge is 0.314 e. The number of nitrogens with zero attached hydrogens (tertiary/aromatic N) is 2. The van der Waals surface area contributed by atoms with Crippen LogP contribution in [0.4, 0.5) is 0 Å². The molecular weight excluding hydrogens is 160 g/mol. The molecule has 0 heterocycles. The molecule has 0 aliphatic rings. The molecule has 0 spiro atoms. The second-order valence-corrected chi connectivity index (χ2v) is 3.23. The molecule has 0 radical (unpaired) electrons. The monoisotopic (exact) mass is 175 g/mol. The van der Waals surface area contributed by atoms with E-state index in [9.17, 15) is 4.79 Å². The third-order valence-corrected chi connectivity index (χ3v) is 2.33. The number of amidine groups is 1. The third-order valence-electron chi connectivity index (χ3n) is 1.32. The Bertz CT molecular complexity index is 185. The number of rotatable bonds is 0. The number of hydrogen-bond donors (Lipinski definition) is 0. The lowest BCUT2D eigenvalue weighted by molar-refractivity contribution is -0.465. The molecule has 0 aromatic heterocycles. The molecule has 0 aromatic rings. The summed E-state index contributed by atoms with van der Waals surface area (Å²) in [5.41, 5.74) is 0. The Morgan fingerprint density at radius 1 is 1.45 bits per heavy atom. The van der Waals surface area contributed by atoms with Crippen molar-refractivity contribution in [1.82, 2.24) is 4.90 Å². The van der Waals surface area contributed by atoms with Crippen molar-refractivity contribution < 1.29 is 9.37 Å². The first-order chi connectivity index (χ1) is 5.00. The molecular formula is C7H15N2OS+. The van der Waals surface area contributed by atoms with Crippen molar-refractivity contribution in [1.29, 1.82) is 0 Å². The minimum atomic E-state index is 0.0584. The quantitative estimate of drug-likeness (QED) is 0.303. The molecule has 0 aliphatic carbocycles. The topological polar surface area (TPSA) is 23.3 Å². The molecule has 4 heteroatoms. The summed E-state index contributed by atoms with van der Waals surface area (Å²) in [7, 11) is 5.62. The van der Waals surface area contributed by atoms with Gasteiger partial charge in [-0.25, -0.2) is 4.79 Å². The van der Waals surface area contributed by atoms with Crippen molar-refractivity contribution in [3.05, 3.63) is 0 Å². The molecule has 64 valence electrons. The maximum atomic E-state index is 10.9. The number of carbonyl (C=O) groups is 1. The summed E-state index contributed by atoms with van der Waals surface area (Å²) in [4.78, 5) is 12.5. The molecule has 0 fully saturated rings. The van der Waals surface area contributed by atoms with Crippen LogP contribution in [-0.4, -0.2) is 47.9 Å². The van der Waals surface area contributed by atoms with Gasteiger partial charge < -0.3 is 0 Å². The molecule has 0 aromatic carbocycles. The van der Waals surface area contributed by atoms with Crippen molar-refractivity contribution in [3.8, 4) is 0 Å². The van der Waals surface area contributed by atoms with Crippen molar-refractivity contribution >= 4 is 22.8 Å². The molecule has 0 N–H and O–H groups in total. The van der Waals surface area contributed by atoms with Crippen molar-refractivity contribution in [3.63, 3.8) is 0 Å². The predicted molar refractivity (Wildman–Crippen MR) is 49.1 cm³/mol. The fraction of sp³-hybridized carbons (Fsp3) is 0.714. The fourth-order valence-corrected chi connectivity index (χ4v) is 1.52. The second-order valence-electron chi connectivity index (χ2n) is 2.46. The normalized spacial score (nSPS) is 9.18. The van der Waals surface area contributed by atoms with Gasteiger partial charge in [0.1, 0.15) is 0 Å². The van der Waals surface area contributed by atoms with Crippen molar-refractivity contribution in [2.45, 2.75) is 6.92 Å². The molecule has 1 amide bonds.